The standard InChI is InChI=1S/C15H27N3O3.ClH/c1-12(2)13(19)17-5-7-18(8-6-17)14(20)15(11-16)3-9-21-10-4-15;/h12H,3-11,16H2,1-2H3;1H. The molecule has 0 aromatic rings. The second-order valence-corrected chi connectivity index (χ2v) is 6.37. The lowest BCUT2D eigenvalue weighted by Gasteiger charge is -2.42. The Hall–Kier alpha value is -0.850. The number of ether oxygens (including phenoxy) is 1. The summed E-state index contributed by atoms with van der Waals surface area (Å²) in [6.07, 6.45) is 1.40. The Balaban J connectivity index is 0.00000242. The quantitative estimate of drug-likeness (QED) is 0.815. The van der Waals surface area contributed by atoms with Crippen molar-refractivity contribution in [3.63, 3.8) is 0 Å². The summed E-state index contributed by atoms with van der Waals surface area (Å²) in [4.78, 5) is 28.5. The van der Waals surface area contributed by atoms with Crippen LogP contribution < -0.4 is 5.73 Å². The molecule has 0 aromatic heterocycles. The predicted molar refractivity (Wildman–Crippen MR) is 86.8 cm³/mol. The summed E-state index contributed by atoms with van der Waals surface area (Å²) in [6, 6.07) is 0. The van der Waals surface area contributed by atoms with Gasteiger partial charge in [0.15, 0.2) is 0 Å². The molecule has 6 nitrogen and oxygen atoms in total. The SMILES string of the molecule is CC(C)C(=O)N1CCN(C(=O)C2(CN)CCOCC2)CC1.Cl. The van der Waals surface area contributed by atoms with E-state index in [1.165, 1.54) is 0 Å². The number of hydrogen-bond acceptors (Lipinski definition) is 4. The molecule has 0 spiro atoms. The molecule has 2 aliphatic heterocycles. The number of piperazine rings is 1. The number of hydrogen-bond donors (Lipinski definition) is 1. The molecule has 7 heteroatoms. The van der Waals surface area contributed by atoms with Gasteiger partial charge in [0.1, 0.15) is 0 Å². The zero-order chi connectivity index (χ0) is 15.5. The van der Waals surface area contributed by atoms with Crippen LogP contribution in [-0.2, 0) is 14.3 Å². The van der Waals surface area contributed by atoms with Gasteiger partial charge in [0.05, 0.1) is 5.41 Å². The van der Waals surface area contributed by atoms with E-state index in [2.05, 4.69) is 0 Å². The highest BCUT2D eigenvalue weighted by Gasteiger charge is 2.42. The summed E-state index contributed by atoms with van der Waals surface area (Å²) in [6.45, 7) is 7.88. The maximum atomic E-state index is 12.8. The number of carbonyl (C=O) groups excluding carboxylic acids is 2. The number of nitrogens with two attached hydrogens (primary N) is 1. The topological polar surface area (TPSA) is 75.9 Å². The maximum Gasteiger partial charge on any atom is 0.230 e. The van der Waals surface area contributed by atoms with Crippen molar-refractivity contribution >= 4 is 24.2 Å². The molecule has 128 valence electrons. The first-order valence-corrected chi connectivity index (χ1v) is 7.86. The molecule has 2 saturated heterocycles. The Morgan fingerprint density at radius 2 is 1.59 bits per heavy atom. The minimum Gasteiger partial charge on any atom is -0.381 e. The van der Waals surface area contributed by atoms with Gasteiger partial charge in [-0.25, -0.2) is 0 Å². The molecule has 0 aliphatic carbocycles. The number of carbonyl (C=O) groups is 2. The van der Waals surface area contributed by atoms with Gasteiger partial charge in [-0.3, -0.25) is 9.59 Å². The van der Waals surface area contributed by atoms with Gasteiger partial charge in [-0.2, -0.15) is 0 Å². The van der Waals surface area contributed by atoms with E-state index in [1.807, 2.05) is 23.6 Å². The summed E-state index contributed by atoms with van der Waals surface area (Å²) in [5, 5.41) is 0. The maximum absolute atomic E-state index is 12.8. The highest BCUT2D eigenvalue weighted by atomic mass is 35.5. The van der Waals surface area contributed by atoms with Crippen molar-refractivity contribution in [2.45, 2.75) is 26.7 Å². The fourth-order valence-electron chi connectivity index (χ4n) is 3.10. The van der Waals surface area contributed by atoms with Gasteiger partial charge in [-0.1, -0.05) is 13.8 Å². The third-order valence-electron chi connectivity index (χ3n) is 4.67. The Morgan fingerprint density at radius 3 is 2.05 bits per heavy atom. The van der Waals surface area contributed by atoms with Crippen LogP contribution in [0.1, 0.15) is 26.7 Å². The Kier molecular flexibility index (Phi) is 7.09. The van der Waals surface area contributed by atoms with Crippen LogP contribution >= 0.6 is 12.4 Å². The molecule has 2 amide bonds. The fourth-order valence-corrected chi connectivity index (χ4v) is 3.10. The average Bonchev–Trinajstić information content (AvgIpc) is 2.54. The first-order valence-electron chi connectivity index (χ1n) is 7.86. The van der Waals surface area contributed by atoms with E-state index < -0.39 is 5.41 Å². The molecule has 2 fully saturated rings. The molecule has 0 radical (unpaired) electrons. The molecule has 2 aliphatic rings. The van der Waals surface area contributed by atoms with Crippen LogP contribution in [-0.4, -0.2) is 67.6 Å². The van der Waals surface area contributed by atoms with Crippen LogP contribution in [0.3, 0.4) is 0 Å². The number of halogens is 1. The van der Waals surface area contributed by atoms with Crippen molar-refractivity contribution in [1.82, 2.24) is 9.80 Å². The lowest BCUT2D eigenvalue weighted by molar-refractivity contribution is -0.151. The second-order valence-electron chi connectivity index (χ2n) is 6.37. The molecule has 0 bridgehead atoms. The van der Waals surface area contributed by atoms with Crippen LogP contribution in [0.4, 0.5) is 0 Å². The van der Waals surface area contributed by atoms with Gasteiger partial charge < -0.3 is 20.3 Å². The molecule has 2 heterocycles. The van der Waals surface area contributed by atoms with E-state index in [4.69, 9.17) is 10.5 Å². The molecule has 22 heavy (non-hydrogen) atoms. The van der Waals surface area contributed by atoms with Gasteiger partial charge in [-0.15, -0.1) is 12.4 Å². The monoisotopic (exact) mass is 333 g/mol. The van der Waals surface area contributed by atoms with E-state index in [-0.39, 0.29) is 30.1 Å². The molecular formula is C15H28ClN3O3. The zero-order valence-electron chi connectivity index (χ0n) is 13.5. The van der Waals surface area contributed by atoms with Crippen molar-refractivity contribution in [2.75, 3.05) is 45.9 Å². The van der Waals surface area contributed by atoms with Crippen LogP contribution in [0, 0.1) is 11.3 Å². The van der Waals surface area contributed by atoms with Crippen molar-refractivity contribution in [2.24, 2.45) is 17.1 Å². The summed E-state index contributed by atoms with van der Waals surface area (Å²) in [5.74, 6) is 0.324. The molecule has 0 unspecified atom stereocenters. The predicted octanol–water partition coefficient (Wildman–Crippen LogP) is 0.491. The van der Waals surface area contributed by atoms with Crippen LogP contribution in [0.2, 0.25) is 0 Å². The van der Waals surface area contributed by atoms with Crippen LogP contribution in [0.25, 0.3) is 0 Å². The smallest absolute Gasteiger partial charge is 0.230 e. The molecular weight excluding hydrogens is 306 g/mol. The minimum absolute atomic E-state index is 0. The zero-order valence-corrected chi connectivity index (χ0v) is 14.4. The second kappa shape index (κ2) is 8.13. The summed E-state index contributed by atoms with van der Waals surface area (Å²) in [7, 11) is 0. The highest BCUT2D eigenvalue weighted by molar-refractivity contribution is 5.85. The Morgan fingerprint density at radius 1 is 1.09 bits per heavy atom. The first kappa shape index (κ1) is 19.2. The third-order valence-corrected chi connectivity index (χ3v) is 4.67. The summed E-state index contributed by atoms with van der Waals surface area (Å²) < 4.78 is 5.36. The van der Waals surface area contributed by atoms with Crippen molar-refractivity contribution < 1.29 is 14.3 Å². The Bertz CT molecular complexity index is 389. The van der Waals surface area contributed by atoms with Gasteiger partial charge in [0.25, 0.3) is 0 Å². The van der Waals surface area contributed by atoms with E-state index >= 15 is 0 Å². The van der Waals surface area contributed by atoms with Gasteiger partial charge in [0, 0.05) is 51.9 Å². The highest BCUT2D eigenvalue weighted by Crippen LogP contribution is 2.32. The van der Waals surface area contributed by atoms with Crippen molar-refractivity contribution in [3.05, 3.63) is 0 Å². The lowest BCUT2D eigenvalue weighted by atomic mass is 9.78. The number of nitrogens with zero attached hydrogens (tertiary/aromatic N) is 2. The van der Waals surface area contributed by atoms with Gasteiger partial charge in [0.2, 0.25) is 11.8 Å². The molecule has 0 saturated carbocycles. The molecule has 2 rings (SSSR count). The minimum atomic E-state index is -0.456. The molecule has 0 atom stereocenters. The molecule has 2 N–H and O–H groups in total. The van der Waals surface area contributed by atoms with Crippen molar-refractivity contribution in [1.29, 1.82) is 0 Å². The average molecular weight is 334 g/mol. The number of amides is 2. The lowest BCUT2D eigenvalue weighted by Crippen LogP contribution is -2.57. The van der Waals surface area contributed by atoms with Gasteiger partial charge in [-0.05, 0) is 12.8 Å². The van der Waals surface area contributed by atoms with Gasteiger partial charge >= 0.3 is 0 Å². The largest absolute Gasteiger partial charge is 0.381 e. The van der Waals surface area contributed by atoms with Crippen molar-refractivity contribution in [3.8, 4) is 0 Å². The van der Waals surface area contributed by atoms with E-state index in [0.29, 0.717) is 58.8 Å². The van der Waals surface area contributed by atoms with Crippen LogP contribution in [0.15, 0.2) is 0 Å². The Labute approximate surface area is 138 Å². The van der Waals surface area contributed by atoms with E-state index in [1.54, 1.807) is 0 Å². The third kappa shape index (κ3) is 3.91. The van der Waals surface area contributed by atoms with E-state index in [9.17, 15) is 9.59 Å². The summed E-state index contributed by atoms with van der Waals surface area (Å²) >= 11 is 0. The van der Waals surface area contributed by atoms with Crippen LogP contribution in [0.5, 0.6) is 0 Å². The first-order chi connectivity index (χ1) is 10.00. The number of rotatable bonds is 3. The van der Waals surface area contributed by atoms with E-state index in [0.717, 1.165) is 0 Å². The normalized spacial score (nSPS) is 21.5. The molecule has 0 aromatic carbocycles. The summed E-state index contributed by atoms with van der Waals surface area (Å²) in [5.41, 5.74) is 5.44. The fraction of sp³-hybridized carbons (Fsp3) is 0.867.